The van der Waals surface area contributed by atoms with Gasteiger partial charge in [0, 0.05) is 18.5 Å². The Hall–Kier alpha value is -4.10. The van der Waals surface area contributed by atoms with Crippen molar-refractivity contribution < 1.29 is 14.3 Å². The molecule has 3 aromatic rings. The van der Waals surface area contributed by atoms with Crippen molar-refractivity contribution in [2.24, 2.45) is 5.92 Å². The average Bonchev–Trinajstić information content (AvgIpc) is 3.62. The molecule has 2 amide bonds. The molecular formula is C34H49N7O3. The van der Waals surface area contributed by atoms with Crippen LogP contribution in [0.2, 0.25) is 0 Å². The van der Waals surface area contributed by atoms with Gasteiger partial charge in [-0.25, -0.2) is 14.8 Å². The molecule has 4 N–H and O–H groups in total. The number of hydrogen-bond donors (Lipinski definition) is 4. The molecule has 2 heterocycles. The van der Waals surface area contributed by atoms with Crippen molar-refractivity contribution in [2.75, 3.05) is 20.1 Å². The minimum absolute atomic E-state index is 0.0675. The van der Waals surface area contributed by atoms with Crippen molar-refractivity contribution in [3.63, 3.8) is 0 Å². The smallest absolute Gasteiger partial charge is 0.408 e. The van der Waals surface area contributed by atoms with Crippen molar-refractivity contribution in [1.82, 2.24) is 35.5 Å². The van der Waals surface area contributed by atoms with Crippen LogP contribution in [-0.4, -0.2) is 68.6 Å². The number of amides is 2. The molecule has 3 rings (SSSR count). The summed E-state index contributed by atoms with van der Waals surface area (Å²) in [5, 5.41) is 5.62. The molecule has 1 atom stereocenters. The van der Waals surface area contributed by atoms with E-state index in [0.717, 1.165) is 66.5 Å². The Kier molecular flexibility index (Phi) is 13.0. The minimum atomic E-state index is -0.652. The molecule has 10 heteroatoms. The third kappa shape index (κ3) is 11.9. The molecule has 1 unspecified atom stereocenters. The fourth-order valence-electron chi connectivity index (χ4n) is 4.49. The maximum atomic E-state index is 12.7. The van der Waals surface area contributed by atoms with Gasteiger partial charge >= 0.3 is 6.09 Å². The maximum absolute atomic E-state index is 12.7. The van der Waals surface area contributed by atoms with Gasteiger partial charge in [0.05, 0.1) is 24.6 Å². The van der Waals surface area contributed by atoms with E-state index in [4.69, 9.17) is 4.74 Å². The quantitative estimate of drug-likeness (QED) is 0.144. The number of alkyl carbamates (subject to hydrolysis) is 1. The highest BCUT2D eigenvalue weighted by atomic mass is 16.6. The second-order valence-electron chi connectivity index (χ2n) is 12.5. The summed E-state index contributed by atoms with van der Waals surface area (Å²) < 4.78 is 5.30. The number of imidazole rings is 2. The van der Waals surface area contributed by atoms with Crippen LogP contribution in [0.25, 0.3) is 11.3 Å². The summed E-state index contributed by atoms with van der Waals surface area (Å²) >= 11 is 0. The SMILES string of the molecule is CCCCN(C)Cc1ncc(C#Cc2ccc(-c3cnc(CCCCNC(=O)C(NC(=O)OC(C)(C)C)C(C)C)[nH]3)cc2)[nH]1. The van der Waals surface area contributed by atoms with Gasteiger partial charge in [-0.2, -0.15) is 0 Å². The molecule has 0 aliphatic carbocycles. The van der Waals surface area contributed by atoms with Gasteiger partial charge < -0.3 is 25.3 Å². The first kappa shape index (κ1) is 34.4. The van der Waals surface area contributed by atoms with Crippen molar-refractivity contribution in [1.29, 1.82) is 0 Å². The Morgan fingerprint density at radius 2 is 1.73 bits per heavy atom. The standard InChI is InChI=1S/C34H49N7O3/c1-8-9-20-41(7)23-30-36-21-27(38-30)18-15-25-13-16-26(17-14-25)28-22-37-29(39-28)12-10-11-19-35-32(42)31(24(2)3)40-33(43)44-34(4,5)6/h13-14,16-17,21-22,24,31H,8-12,19-20,23H2,1-7H3,(H,35,42)(H,36,38)(H,37,39)(H,40,43). The predicted molar refractivity (Wildman–Crippen MR) is 174 cm³/mol. The third-order valence-corrected chi connectivity index (χ3v) is 6.87. The summed E-state index contributed by atoms with van der Waals surface area (Å²) in [5.74, 6) is 7.93. The average molecular weight is 604 g/mol. The number of hydrogen-bond acceptors (Lipinski definition) is 6. The van der Waals surface area contributed by atoms with Crippen LogP contribution in [0.5, 0.6) is 0 Å². The van der Waals surface area contributed by atoms with E-state index in [0.29, 0.717) is 6.54 Å². The lowest BCUT2D eigenvalue weighted by Crippen LogP contribution is -2.51. The first-order valence-electron chi connectivity index (χ1n) is 15.6. The van der Waals surface area contributed by atoms with Crippen molar-refractivity contribution in [3.8, 4) is 23.1 Å². The monoisotopic (exact) mass is 603 g/mol. The molecule has 0 saturated carbocycles. The first-order valence-corrected chi connectivity index (χ1v) is 15.6. The summed E-state index contributed by atoms with van der Waals surface area (Å²) in [6.07, 6.45) is 7.82. The molecule has 0 aliphatic rings. The molecule has 1 aromatic carbocycles. The van der Waals surface area contributed by atoms with Gasteiger partial charge in [0.2, 0.25) is 5.91 Å². The van der Waals surface area contributed by atoms with E-state index in [1.54, 1.807) is 27.0 Å². The van der Waals surface area contributed by atoms with Crippen molar-refractivity contribution in [2.45, 2.75) is 91.8 Å². The van der Waals surface area contributed by atoms with Crippen LogP contribution in [0.4, 0.5) is 4.79 Å². The van der Waals surface area contributed by atoms with Crippen LogP contribution in [0.1, 0.15) is 90.1 Å². The van der Waals surface area contributed by atoms with E-state index in [1.807, 2.05) is 44.3 Å². The van der Waals surface area contributed by atoms with E-state index in [1.165, 1.54) is 12.8 Å². The van der Waals surface area contributed by atoms with Gasteiger partial charge in [-0.15, -0.1) is 0 Å². The highest BCUT2D eigenvalue weighted by molar-refractivity contribution is 5.85. The van der Waals surface area contributed by atoms with Gasteiger partial charge in [0.25, 0.3) is 0 Å². The van der Waals surface area contributed by atoms with Crippen molar-refractivity contribution in [3.05, 3.63) is 59.6 Å². The highest BCUT2D eigenvalue weighted by Crippen LogP contribution is 2.18. The zero-order chi connectivity index (χ0) is 32.1. The molecule has 0 spiro atoms. The Balaban J connectivity index is 1.42. The fraction of sp³-hybridized carbons (Fsp3) is 0.529. The normalized spacial score (nSPS) is 12.1. The molecule has 2 aromatic heterocycles. The second-order valence-corrected chi connectivity index (χ2v) is 12.5. The van der Waals surface area contributed by atoms with E-state index < -0.39 is 17.7 Å². The predicted octanol–water partition coefficient (Wildman–Crippen LogP) is 5.42. The van der Waals surface area contributed by atoms with Gasteiger partial charge in [0.15, 0.2) is 0 Å². The number of aromatic amines is 2. The molecule has 238 valence electrons. The number of carbonyl (C=O) groups is 2. The fourth-order valence-corrected chi connectivity index (χ4v) is 4.49. The van der Waals surface area contributed by atoms with Crippen LogP contribution in [0, 0.1) is 17.8 Å². The zero-order valence-electron chi connectivity index (χ0n) is 27.3. The van der Waals surface area contributed by atoms with Crippen molar-refractivity contribution >= 4 is 12.0 Å². The van der Waals surface area contributed by atoms with Gasteiger partial charge in [-0.3, -0.25) is 9.69 Å². The van der Waals surface area contributed by atoms with E-state index >= 15 is 0 Å². The minimum Gasteiger partial charge on any atom is -0.444 e. The topological polar surface area (TPSA) is 128 Å². The van der Waals surface area contributed by atoms with Crippen LogP contribution >= 0.6 is 0 Å². The highest BCUT2D eigenvalue weighted by Gasteiger charge is 2.26. The van der Waals surface area contributed by atoms with Crippen LogP contribution in [0.15, 0.2) is 36.7 Å². The number of H-pyrrole nitrogens is 2. The Bertz CT molecular complexity index is 1390. The maximum Gasteiger partial charge on any atom is 0.408 e. The Labute approximate surface area is 262 Å². The summed E-state index contributed by atoms with van der Waals surface area (Å²) in [4.78, 5) is 42.7. The zero-order valence-corrected chi connectivity index (χ0v) is 27.3. The third-order valence-electron chi connectivity index (χ3n) is 6.87. The summed E-state index contributed by atoms with van der Waals surface area (Å²) in [6, 6.07) is 7.43. The summed E-state index contributed by atoms with van der Waals surface area (Å²) in [6.45, 7) is 13.7. The number of aryl methyl sites for hydroxylation is 1. The first-order chi connectivity index (χ1) is 20.9. The van der Waals surface area contributed by atoms with Crippen LogP contribution < -0.4 is 10.6 Å². The van der Waals surface area contributed by atoms with Gasteiger partial charge in [0.1, 0.15) is 29.0 Å². The molecular weight excluding hydrogens is 554 g/mol. The number of ether oxygens (including phenoxy) is 1. The van der Waals surface area contributed by atoms with Gasteiger partial charge in [-0.05, 0) is 83.2 Å². The molecule has 0 bridgehead atoms. The largest absolute Gasteiger partial charge is 0.444 e. The lowest BCUT2D eigenvalue weighted by molar-refractivity contribution is -0.124. The Morgan fingerprint density at radius 3 is 2.41 bits per heavy atom. The number of benzene rings is 1. The second kappa shape index (κ2) is 16.7. The summed E-state index contributed by atoms with van der Waals surface area (Å²) in [7, 11) is 2.11. The van der Waals surface area contributed by atoms with Gasteiger partial charge in [-0.1, -0.05) is 45.2 Å². The lowest BCUT2D eigenvalue weighted by atomic mass is 10.0. The molecule has 0 aliphatic heterocycles. The van der Waals surface area contributed by atoms with Crippen LogP contribution in [0.3, 0.4) is 0 Å². The number of rotatable bonds is 14. The molecule has 44 heavy (non-hydrogen) atoms. The summed E-state index contributed by atoms with van der Waals surface area (Å²) in [5.41, 5.74) is 3.10. The van der Waals surface area contributed by atoms with E-state index in [9.17, 15) is 9.59 Å². The van der Waals surface area contributed by atoms with E-state index in [2.05, 4.69) is 61.3 Å². The number of unbranched alkanes of at least 4 members (excludes halogenated alkanes) is 2. The Morgan fingerprint density at radius 1 is 1.00 bits per heavy atom. The molecule has 0 radical (unpaired) electrons. The van der Waals surface area contributed by atoms with Crippen LogP contribution in [-0.2, 0) is 22.5 Å². The molecule has 10 nitrogen and oxygen atoms in total. The lowest BCUT2D eigenvalue weighted by Gasteiger charge is -2.25. The number of carbonyl (C=O) groups excluding carboxylic acids is 2. The molecule has 0 saturated heterocycles. The number of aromatic nitrogens is 4. The number of nitrogens with one attached hydrogen (secondary N) is 4. The van der Waals surface area contributed by atoms with E-state index in [-0.39, 0.29) is 11.8 Å². The number of nitrogens with zero attached hydrogens (tertiary/aromatic N) is 3. The molecule has 0 fully saturated rings.